The average Bonchev–Trinajstić information content (AvgIpc) is 2.90. The first-order chi connectivity index (χ1) is 19.1. The summed E-state index contributed by atoms with van der Waals surface area (Å²) in [6, 6.07) is 10.2. The second-order valence-corrected chi connectivity index (χ2v) is 12.0. The molecule has 1 atom stereocenters. The molecule has 1 aliphatic rings. The number of esters is 1. The number of amides is 2. The number of ether oxygens (including phenoxy) is 2. The van der Waals surface area contributed by atoms with Crippen molar-refractivity contribution in [3.63, 3.8) is 0 Å². The van der Waals surface area contributed by atoms with Gasteiger partial charge in [0.1, 0.15) is 11.6 Å². The van der Waals surface area contributed by atoms with Crippen LogP contribution >= 0.6 is 11.8 Å². The van der Waals surface area contributed by atoms with Gasteiger partial charge in [-0.2, -0.15) is 13.2 Å². The summed E-state index contributed by atoms with van der Waals surface area (Å²) < 4.78 is 52.4. The summed E-state index contributed by atoms with van der Waals surface area (Å²) in [5.74, 6) is -1.18. The van der Waals surface area contributed by atoms with Gasteiger partial charge in [-0.15, -0.1) is 0 Å². The summed E-state index contributed by atoms with van der Waals surface area (Å²) in [6.45, 7) is 9.11. The molecule has 41 heavy (non-hydrogen) atoms. The lowest BCUT2D eigenvalue weighted by atomic mass is 10.0. The van der Waals surface area contributed by atoms with E-state index in [0.717, 1.165) is 34.4 Å². The van der Waals surface area contributed by atoms with E-state index in [0.29, 0.717) is 0 Å². The number of benzene rings is 2. The van der Waals surface area contributed by atoms with E-state index in [-0.39, 0.29) is 36.0 Å². The number of halogens is 3. The van der Waals surface area contributed by atoms with Crippen molar-refractivity contribution in [1.82, 2.24) is 9.80 Å². The Labute approximate surface area is 242 Å². The Hall–Kier alpha value is -3.47. The second-order valence-electron chi connectivity index (χ2n) is 10.9. The summed E-state index contributed by atoms with van der Waals surface area (Å²) in [6.07, 6.45) is -2.84. The predicted molar refractivity (Wildman–Crippen MR) is 150 cm³/mol. The first-order valence-electron chi connectivity index (χ1n) is 13.1. The molecule has 0 aliphatic carbocycles. The Morgan fingerprint density at radius 2 is 1.71 bits per heavy atom. The van der Waals surface area contributed by atoms with Crippen molar-refractivity contribution in [2.45, 2.75) is 68.1 Å². The minimum atomic E-state index is -4.61. The van der Waals surface area contributed by atoms with Crippen LogP contribution in [0.5, 0.6) is 0 Å². The summed E-state index contributed by atoms with van der Waals surface area (Å²) in [4.78, 5) is 41.4. The Morgan fingerprint density at radius 1 is 1.02 bits per heavy atom. The second kappa shape index (κ2) is 13.0. The first kappa shape index (κ1) is 32.0. The molecule has 2 amide bonds. The monoisotopic (exact) mass is 592 g/mol. The van der Waals surface area contributed by atoms with Gasteiger partial charge in [0, 0.05) is 29.0 Å². The number of piperazine rings is 1. The van der Waals surface area contributed by atoms with Gasteiger partial charge in [0.25, 0.3) is 0 Å². The predicted octanol–water partition coefficient (Wildman–Crippen LogP) is 6.61. The van der Waals surface area contributed by atoms with Gasteiger partial charge in [0.2, 0.25) is 5.91 Å². The summed E-state index contributed by atoms with van der Waals surface area (Å²) in [5.41, 5.74) is -0.426. The minimum absolute atomic E-state index is 0.0147. The van der Waals surface area contributed by atoms with E-state index in [2.05, 4.69) is 0 Å². The maximum Gasteiger partial charge on any atom is 0.417 e. The maximum absolute atomic E-state index is 14.1. The summed E-state index contributed by atoms with van der Waals surface area (Å²) in [7, 11) is 1.17. The fraction of sp³-hybridized carbons (Fsp3) is 0.433. The number of hydrogen-bond donors (Lipinski definition) is 0. The van der Waals surface area contributed by atoms with Gasteiger partial charge in [-0.3, -0.25) is 4.79 Å². The molecule has 1 fully saturated rings. The molecule has 0 N–H and O–H groups in total. The molecule has 11 heteroatoms. The van der Waals surface area contributed by atoms with Crippen LogP contribution < -0.4 is 0 Å². The fourth-order valence-electron chi connectivity index (χ4n) is 4.27. The third-order valence-corrected chi connectivity index (χ3v) is 7.44. The Kier molecular flexibility index (Phi) is 10.2. The third kappa shape index (κ3) is 8.51. The zero-order chi connectivity index (χ0) is 30.5. The lowest BCUT2D eigenvalue weighted by Gasteiger charge is -2.39. The average molecular weight is 593 g/mol. The molecule has 1 heterocycles. The number of carbonyl (C=O) groups excluding carboxylic acids is 3. The van der Waals surface area contributed by atoms with Crippen LogP contribution in [0.15, 0.2) is 58.3 Å². The van der Waals surface area contributed by atoms with Crippen LogP contribution in [0.3, 0.4) is 0 Å². The van der Waals surface area contributed by atoms with Crippen LogP contribution in [0.2, 0.25) is 0 Å². The SMILES string of the molecule is COC(=O)C1CN(C(=O)OC(C)(C)C)CCN1C(=O)/C=C/c1ccc(Sc2ccccc2C(C)C)c(C(F)(F)F)c1. The highest BCUT2D eigenvalue weighted by Gasteiger charge is 2.38. The molecule has 2 aromatic rings. The summed E-state index contributed by atoms with van der Waals surface area (Å²) in [5, 5.41) is 0. The highest BCUT2D eigenvalue weighted by atomic mass is 32.2. The molecule has 1 aliphatic heterocycles. The smallest absolute Gasteiger partial charge is 0.417 e. The van der Waals surface area contributed by atoms with E-state index in [1.165, 1.54) is 35.1 Å². The van der Waals surface area contributed by atoms with Crippen molar-refractivity contribution in [2.75, 3.05) is 26.7 Å². The zero-order valence-corrected chi connectivity index (χ0v) is 24.8. The molecule has 0 spiro atoms. The molecule has 222 valence electrons. The Balaban J connectivity index is 1.82. The summed E-state index contributed by atoms with van der Waals surface area (Å²) >= 11 is 1.05. The van der Waals surface area contributed by atoms with E-state index in [1.54, 1.807) is 32.9 Å². The minimum Gasteiger partial charge on any atom is -0.467 e. The topological polar surface area (TPSA) is 76.2 Å². The van der Waals surface area contributed by atoms with Gasteiger partial charge in [0.05, 0.1) is 19.2 Å². The van der Waals surface area contributed by atoms with Gasteiger partial charge in [0.15, 0.2) is 0 Å². The largest absolute Gasteiger partial charge is 0.467 e. The van der Waals surface area contributed by atoms with E-state index in [9.17, 15) is 27.6 Å². The number of carbonyl (C=O) groups is 3. The van der Waals surface area contributed by atoms with Crippen molar-refractivity contribution >= 4 is 35.8 Å². The highest BCUT2D eigenvalue weighted by molar-refractivity contribution is 7.99. The van der Waals surface area contributed by atoms with Gasteiger partial charge in [-0.1, -0.05) is 49.9 Å². The van der Waals surface area contributed by atoms with Crippen molar-refractivity contribution in [3.05, 3.63) is 65.2 Å². The fourth-order valence-corrected chi connectivity index (χ4v) is 5.50. The van der Waals surface area contributed by atoms with Gasteiger partial charge >= 0.3 is 18.2 Å². The van der Waals surface area contributed by atoms with Crippen molar-refractivity contribution in [3.8, 4) is 0 Å². The van der Waals surface area contributed by atoms with Gasteiger partial charge in [-0.05, 0) is 62.1 Å². The molecular formula is C30H35F3N2O5S. The Bertz CT molecular complexity index is 1300. The number of rotatable bonds is 6. The van der Waals surface area contributed by atoms with Crippen LogP contribution in [0.1, 0.15) is 57.2 Å². The van der Waals surface area contributed by atoms with Crippen molar-refractivity contribution < 1.29 is 37.0 Å². The molecule has 7 nitrogen and oxygen atoms in total. The standard InChI is InChI=1S/C30H35F3N2O5S/c1-19(2)21-9-7-8-10-24(21)41-25-13-11-20(17-22(25)30(31,32)33)12-14-26(36)35-16-15-34(18-23(35)27(37)39-6)28(38)40-29(3,4)5/h7-14,17,19,23H,15-16,18H2,1-6H3/b14-12+. The van der Waals surface area contributed by atoms with Crippen LogP contribution in [0, 0.1) is 0 Å². The third-order valence-electron chi connectivity index (χ3n) is 6.28. The molecule has 1 saturated heterocycles. The number of alkyl halides is 3. The van der Waals surface area contributed by atoms with Crippen LogP contribution in [0.25, 0.3) is 6.08 Å². The van der Waals surface area contributed by atoms with E-state index < -0.39 is 41.4 Å². The molecule has 2 aromatic carbocycles. The first-order valence-corrected chi connectivity index (χ1v) is 13.9. The molecular weight excluding hydrogens is 557 g/mol. The van der Waals surface area contributed by atoms with E-state index >= 15 is 0 Å². The molecule has 0 aromatic heterocycles. The number of hydrogen-bond acceptors (Lipinski definition) is 6. The lowest BCUT2D eigenvalue weighted by molar-refractivity contribution is -0.154. The van der Waals surface area contributed by atoms with Crippen LogP contribution in [-0.4, -0.2) is 66.2 Å². The number of nitrogens with zero attached hydrogens (tertiary/aromatic N) is 2. The van der Waals surface area contributed by atoms with E-state index in [4.69, 9.17) is 9.47 Å². The normalized spacial score (nSPS) is 16.3. The van der Waals surface area contributed by atoms with Crippen molar-refractivity contribution in [2.24, 2.45) is 0 Å². The van der Waals surface area contributed by atoms with Gasteiger partial charge in [-0.25, -0.2) is 9.59 Å². The molecule has 0 saturated carbocycles. The van der Waals surface area contributed by atoms with E-state index in [1.807, 2.05) is 26.0 Å². The van der Waals surface area contributed by atoms with Crippen LogP contribution in [-0.2, 0) is 25.2 Å². The number of methoxy groups -OCH3 is 1. The quantitative estimate of drug-likeness (QED) is 0.278. The van der Waals surface area contributed by atoms with Crippen molar-refractivity contribution in [1.29, 1.82) is 0 Å². The molecule has 0 radical (unpaired) electrons. The Morgan fingerprint density at radius 3 is 2.32 bits per heavy atom. The van der Waals surface area contributed by atoms with Gasteiger partial charge < -0.3 is 19.3 Å². The van der Waals surface area contributed by atoms with Crippen LogP contribution in [0.4, 0.5) is 18.0 Å². The molecule has 1 unspecified atom stereocenters. The highest BCUT2D eigenvalue weighted by Crippen LogP contribution is 2.42. The molecule has 0 bridgehead atoms. The maximum atomic E-state index is 14.1. The zero-order valence-electron chi connectivity index (χ0n) is 23.9. The lowest BCUT2D eigenvalue weighted by Crippen LogP contribution is -2.59. The molecule has 3 rings (SSSR count).